The molecule has 3 heterocycles. The second-order valence-corrected chi connectivity index (χ2v) is 5.93. The van der Waals surface area contributed by atoms with Gasteiger partial charge < -0.3 is 9.84 Å². The van der Waals surface area contributed by atoms with Gasteiger partial charge in [-0.15, -0.1) is 0 Å². The molecule has 2 bridgehead atoms. The molecule has 1 aromatic rings. The number of ether oxygens (including phenoxy) is 1. The van der Waals surface area contributed by atoms with E-state index in [-0.39, 0.29) is 6.47 Å². The Morgan fingerprint density at radius 3 is 2.68 bits per heavy atom. The number of carbonyl (C=O) groups is 1. The third-order valence-electron chi connectivity index (χ3n) is 4.06. The van der Waals surface area contributed by atoms with Crippen LogP contribution in [0.2, 0.25) is 0 Å². The van der Waals surface area contributed by atoms with Crippen molar-refractivity contribution in [1.82, 2.24) is 19.8 Å². The lowest BCUT2D eigenvalue weighted by Gasteiger charge is -2.29. The fourth-order valence-corrected chi connectivity index (χ4v) is 3.04. The lowest BCUT2D eigenvalue weighted by atomic mass is 10.1. The molecule has 0 aliphatic carbocycles. The van der Waals surface area contributed by atoms with Crippen LogP contribution in [0.1, 0.15) is 11.4 Å². The average molecular weight is 308 g/mol. The second-order valence-electron chi connectivity index (χ2n) is 5.93. The van der Waals surface area contributed by atoms with Gasteiger partial charge in [0.25, 0.3) is 6.47 Å². The number of likely N-dealkylation sites (N-methyl/N-ethyl adjacent to an activating group) is 1. The summed E-state index contributed by atoms with van der Waals surface area (Å²) in [6.07, 6.45) is 3.90. The number of hydrogen-bond acceptors (Lipinski definition) is 6. The minimum absolute atomic E-state index is 0.250. The molecule has 0 amide bonds. The van der Waals surface area contributed by atoms with Crippen molar-refractivity contribution in [2.45, 2.75) is 19.5 Å². The van der Waals surface area contributed by atoms with Crippen LogP contribution in [0.3, 0.4) is 0 Å². The lowest BCUT2D eigenvalue weighted by Crippen LogP contribution is -2.41. The standard InChI is InChI=1S/C14H22N4O.CH2O2/c1-11-15-3-12(4-16-11)6-18-7-13-5-17(2)14(8-18)10-19-9-13;2-1-3/h3-4,13-14H,5-10H2,1-2H3;1H,(H,2,3)/t13-,14+;/m1./s1. The van der Waals surface area contributed by atoms with Gasteiger partial charge >= 0.3 is 0 Å². The summed E-state index contributed by atoms with van der Waals surface area (Å²) in [7, 11) is 2.21. The SMILES string of the molecule is Cc1ncc(CN2C[C@@H]3COC[C@H](C2)N(C)C3)cn1.O=CO. The number of aryl methyl sites for hydroxylation is 1. The zero-order chi connectivity index (χ0) is 15.9. The molecule has 0 spiro atoms. The van der Waals surface area contributed by atoms with Crippen molar-refractivity contribution in [3.8, 4) is 0 Å². The maximum Gasteiger partial charge on any atom is 0.290 e. The van der Waals surface area contributed by atoms with Crippen molar-refractivity contribution in [2.24, 2.45) is 5.92 Å². The second kappa shape index (κ2) is 8.17. The van der Waals surface area contributed by atoms with Crippen LogP contribution >= 0.6 is 0 Å². The van der Waals surface area contributed by atoms with Gasteiger partial charge in [0.1, 0.15) is 5.82 Å². The molecule has 2 saturated heterocycles. The third kappa shape index (κ3) is 4.72. The highest BCUT2D eigenvalue weighted by atomic mass is 16.5. The minimum atomic E-state index is -0.250. The smallest absolute Gasteiger partial charge is 0.290 e. The Kier molecular flexibility index (Phi) is 6.23. The normalized spacial score (nSPS) is 25.7. The Morgan fingerprint density at radius 2 is 2.00 bits per heavy atom. The molecular formula is C15H24N4O3. The molecule has 0 radical (unpaired) electrons. The van der Waals surface area contributed by atoms with Crippen LogP contribution in [0.25, 0.3) is 0 Å². The van der Waals surface area contributed by atoms with Crippen molar-refractivity contribution in [1.29, 1.82) is 0 Å². The van der Waals surface area contributed by atoms with Gasteiger partial charge in [0.2, 0.25) is 0 Å². The van der Waals surface area contributed by atoms with Crippen LogP contribution < -0.4 is 0 Å². The first-order valence-corrected chi connectivity index (χ1v) is 7.48. The average Bonchev–Trinajstić information content (AvgIpc) is 2.71. The molecule has 22 heavy (non-hydrogen) atoms. The maximum absolute atomic E-state index is 8.36. The van der Waals surface area contributed by atoms with Gasteiger partial charge in [-0.05, 0) is 14.0 Å². The van der Waals surface area contributed by atoms with Crippen molar-refractivity contribution < 1.29 is 14.6 Å². The Hall–Kier alpha value is -1.57. The number of nitrogens with zero attached hydrogens (tertiary/aromatic N) is 4. The number of hydrogen-bond donors (Lipinski definition) is 1. The molecule has 0 saturated carbocycles. The van der Waals surface area contributed by atoms with Gasteiger partial charge in [-0.25, -0.2) is 9.97 Å². The van der Waals surface area contributed by atoms with Crippen LogP contribution in [-0.4, -0.2) is 77.3 Å². The molecule has 2 fully saturated rings. The molecule has 3 rings (SSSR count). The highest BCUT2D eigenvalue weighted by Gasteiger charge is 2.31. The van der Waals surface area contributed by atoms with Crippen LogP contribution in [-0.2, 0) is 16.1 Å². The molecule has 7 heteroatoms. The van der Waals surface area contributed by atoms with Gasteiger partial charge in [-0.1, -0.05) is 0 Å². The Balaban J connectivity index is 0.000000545. The molecule has 122 valence electrons. The van der Waals surface area contributed by atoms with E-state index in [9.17, 15) is 0 Å². The Morgan fingerprint density at radius 1 is 1.32 bits per heavy atom. The predicted molar refractivity (Wildman–Crippen MR) is 81.5 cm³/mol. The van der Waals surface area contributed by atoms with Crippen LogP contribution in [0.5, 0.6) is 0 Å². The van der Waals surface area contributed by atoms with E-state index in [0.717, 1.165) is 45.2 Å². The molecule has 1 N–H and O–H groups in total. The summed E-state index contributed by atoms with van der Waals surface area (Å²) in [4.78, 5) is 21.9. The molecular weight excluding hydrogens is 284 g/mol. The summed E-state index contributed by atoms with van der Waals surface area (Å²) < 4.78 is 5.75. The zero-order valence-electron chi connectivity index (χ0n) is 13.2. The van der Waals surface area contributed by atoms with E-state index in [1.165, 1.54) is 5.56 Å². The molecule has 1 aromatic heterocycles. The molecule has 2 aliphatic heterocycles. The minimum Gasteiger partial charge on any atom is -0.483 e. The molecule has 2 atom stereocenters. The summed E-state index contributed by atoms with van der Waals surface area (Å²) in [5.41, 5.74) is 1.20. The maximum atomic E-state index is 8.36. The first-order chi connectivity index (χ1) is 10.6. The number of aromatic nitrogens is 2. The highest BCUT2D eigenvalue weighted by Crippen LogP contribution is 2.19. The summed E-state index contributed by atoms with van der Waals surface area (Å²) in [6.45, 7) is 7.68. The van der Waals surface area contributed by atoms with E-state index in [1.54, 1.807) is 0 Å². The van der Waals surface area contributed by atoms with E-state index < -0.39 is 0 Å². The number of fused-ring (bicyclic) bond motifs is 3. The van der Waals surface area contributed by atoms with Crippen LogP contribution in [0, 0.1) is 12.8 Å². The third-order valence-corrected chi connectivity index (χ3v) is 4.06. The van der Waals surface area contributed by atoms with Crippen molar-refractivity contribution >= 4 is 6.47 Å². The molecule has 0 unspecified atom stereocenters. The van der Waals surface area contributed by atoms with Gasteiger partial charge in [-0.3, -0.25) is 14.6 Å². The topological polar surface area (TPSA) is 78.8 Å². The number of carboxylic acid groups (broad SMARTS) is 1. The van der Waals surface area contributed by atoms with Crippen molar-refractivity contribution in [3.63, 3.8) is 0 Å². The van der Waals surface area contributed by atoms with Gasteiger partial charge in [0, 0.05) is 56.1 Å². The first-order valence-electron chi connectivity index (χ1n) is 7.48. The summed E-state index contributed by atoms with van der Waals surface area (Å²) in [5.74, 6) is 1.45. The van der Waals surface area contributed by atoms with Gasteiger partial charge in [-0.2, -0.15) is 0 Å². The summed E-state index contributed by atoms with van der Waals surface area (Å²) in [5, 5.41) is 6.89. The fourth-order valence-electron chi connectivity index (χ4n) is 3.04. The molecule has 7 nitrogen and oxygen atoms in total. The van der Waals surface area contributed by atoms with E-state index >= 15 is 0 Å². The lowest BCUT2D eigenvalue weighted by molar-refractivity contribution is -0.122. The van der Waals surface area contributed by atoms with Crippen LogP contribution in [0.15, 0.2) is 12.4 Å². The quantitative estimate of drug-likeness (QED) is 0.784. The zero-order valence-corrected chi connectivity index (χ0v) is 13.2. The monoisotopic (exact) mass is 308 g/mol. The Bertz CT molecular complexity index is 468. The largest absolute Gasteiger partial charge is 0.483 e. The van der Waals surface area contributed by atoms with E-state index in [2.05, 4.69) is 26.8 Å². The van der Waals surface area contributed by atoms with E-state index in [0.29, 0.717) is 12.0 Å². The van der Waals surface area contributed by atoms with Gasteiger partial charge in [0.05, 0.1) is 13.2 Å². The highest BCUT2D eigenvalue weighted by molar-refractivity contribution is 5.32. The predicted octanol–water partition coefficient (Wildman–Crippen LogP) is 0.248. The molecule has 2 aliphatic rings. The summed E-state index contributed by atoms with van der Waals surface area (Å²) in [6, 6.07) is 0.513. The fraction of sp³-hybridized carbons (Fsp3) is 0.667. The van der Waals surface area contributed by atoms with E-state index in [1.807, 2.05) is 19.3 Å². The Labute approximate surface area is 130 Å². The summed E-state index contributed by atoms with van der Waals surface area (Å²) >= 11 is 0. The van der Waals surface area contributed by atoms with Crippen molar-refractivity contribution in [2.75, 3.05) is 39.9 Å². The van der Waals surface area contributed by atoms with Gasteiger partial charge in [0.15, 0.2) is 0 Å². The number of rotatable bonds is 2. The molecule has 0 aromatic carbocycles. The van der Waals surface area contributed by atoms with Crippen molar-refractivity contribution in [3.05, 3.63) is 23.8 Å². The van der Waals surface area contributed by atoms with E-state index in [4.69, 9.17) is 14.6 Å². The first kappa shape index (κ1) is 16.8. The van der Waals surface area contributed by atoms with Crippen LogP contribution in [0.4, 0.5) is 0 Å².